The Labute approximate surface area is 132 Å². The van der Waals surface area contributed by atoms with Gasteiger partial charge in [-0.05, 0) is 49.1 Å². The van der Waals surface area contributed by atoms with Crippen LogP contribution in [-0.2, 0) is 31.3 Å². The van der Waals surface area contributed by atoms with Crippen LogP contribution in [0.4, 0.5) is 0 Å². The highest BCUT2D eigenvalue weighted by Gasteiger charge is 2.21. The molecule has 1 aromatic carbocycles. The van der Waals surface area contributed by atoms with Crippen LogP contribution in [0.15, 0.2) is 18.3 Å². The highest BCUT2D eigenvalue weighted by atomic mass is 16.5. The fourth-order valence-electron chi connectivity index (χ4n) is 3.44. The second-order valence-corrected chi connectivity index (χ2v) is 6.49. The Morgan fingerprint density at radius 3 is 2.68 bits per heavy atom. The predicted molar refractivity (Wildman–Crippen MR) is 90.9 cm³/mol. The number of hydrogen-bond acceptors (Lipinski definition) is 3. The minimum atomic E-state index is 0.196. The maximum atomic E-state index is 6.00. The topological polar surface area (TPSA) is 43.4 Å². The normalized spacial score (nSPS) is 16.4. The van der Waals surface area contributed by atoms with E-state index >= 15 is 0 Å². The van der Waals surface area contributed by atoms with Gasteiger partial charge in [0.15, 0.2) is 0 Å². The summed E-state index contributed by atoms with van der Waals surface area (Å²) in [5, 5.41) is 1.37. The minimum Gasteiger partial charge on any atom is -0.380 e. The van der Waals surface area contributed by atoms with Crippen LogP contribution in [0.25, 0.3) is 10.9 Å². The van der Waals surface area contributed by atoms with Crippen LogP contribution >= 0.6 is 0 Å². The molecule has 0 spiro atoms. The van der Waals surface area contributed by atoms with Crippen molar-refractivity contribution in [2.75, 3.05) is 19.8 Å². The van der Waals surface area contributed by atoms with E-state index in [1.165, 1.54) is 27.6 Å². The first kappa shape index (κ1) is 15.5. The number of nitrogens with two attached hydrogens (primary N) is 1. The van der Waals surface area contributed by atoms with E-state index in [9.17, 15) is 0 Å². The molecule has 2 aromatic rings. The lowest BCUT2D eigenvalue weighted by Gasteiger charge is -2.13. The van der Waals surface area contributed by atoms with Crippen LogP contribution in [-0.4, -0.2) is 35.3 Å². The Kier molecular flexibility index (Phi) is 4.52. The molecule has 120 valence electrons. The molecule has 1 atom stereocenters. The molecule has 1 aliphatic heterocycles. The number of fused-ring (bicyclic) bond motifs is 2. The molecule has 0 fully saturated rings. The zero-order valence-corrected chi connectivity index (χ0v) is 13.9. The third-order valence-electron chi connectivity index (χ3n) is 4.48. The molecule has 0 radical (unpaired) electrons. The average Bonchev–Trinajstić information content (AvgIpc) is 2.98. The molecule has 3 rings (SSSR count). The zero-order valence-electron chi connectivity index (χ0n) is 13.9. The summed E-state index contributed by atoms with van der Waals surface area (Å²) in [5.74, 6) is 0. The van der Waals surface area contributed by atoms with Gasteiger partial charge < -0.3 is 15.0 Å². The first-order valence-corrected chi connectivity index (χ1v) is 8.24. The second kappa shape index (κ2) is 6.41. The lowest BCUT2D eigenvalue weighted by Crippen LogP contribution is -2.21. The number of ether oxygens (including phenoxy) is 1. The summed E-state index contributed by atoms with van der Waals surface area (Å²) in [6.45, 7) is 8.81. The van der Waals surface area contributed by atoms with Crippen molar-refractivity contribution in [3.05, 3.63) is 35.0 Å². The van der Waals surface area contributed by atoms with Gasteiger partial charge in [0.05, 0.1) is 6.61 Å². The van der Waals surface area contributed by atoms with Crippen molar-refractivity contribution < 1.29 is 4.74 Å². The fraction of sp³-hybridized carbons (Fsp3) is 0.556. The first-order chi connectivity index (χ1) is 10.6. The van der Waals surface area contributed by atoms with E-state index < -0.39 is 0 Å². The molecule has 1 aliphatic rings. The zero-order chi connectivity index (χ0) is 15.7. The van der Waals surface area contributed by atoms with Crippen molar-refractivity contribution in [2.45, 2.75) is 39.4 Å². The summed E-state index contributed by atoms with van der Waals surface area (Å²) in [4.78, 5) is 2.46. The quantitative estimate of drug-likeness (QED) is 0.833. The van der Waals surface area contributed by atoms with E-state index in [-0.39, 0.29) is 6.04 Å². The van der Waals surface area contributed by atoms with E-state index in [1.54, 1.807) is 0 Å². The van der Waals surface area contributed by atoms with E-state index in [0.29, 0.717) is 0 Å². The summed E-state index contributed by atoms with van der Waals surface area (Å²) in [7, 11) is 2.13. The molecule has 1 aromatic heterocycles. The molecule has 2 N–H and O–H groups in total. The molecule has 4 heteroatoms. The third kappa shape index (κ3) is 3.05. The highest BCUT2D eigenvalue weighted by molar-refractivity contribution is 5.86. The third-order valence-corrected chi connectivity index (χ3v) is 4.48. The highest BCUT2D eigenvalue weighted by Crippen LogP contribution is 2.30. The summed E-state index contributed by atoms with van der Waals surface area (Å²) in [5.41, 5.74) is 11.6. The van der Waals surface area contributed by atoms with E-state index in [1.807, 2.05) is 6.92 Å². The number of nitrogens with zero attached hydrogens (tertiary/aromatic N) is 2. The van der Waals surface area contributed by atoms with Crippen molar-refractivity contribution in [3.63, 3.8) is 0 Å². The van der Waals surface area contributed by atoms with Gasteiger partial charge >= 0.3 is 0 Å². The Hall–Kier alpha value is -1.36. The van der Waals surface area contributed by atoms with Gasteiger partial charge in [0.25, 0.3) is 0 Å². The van der Waals surface area contributed by atoms with Gasteiger partial charge in [-0.2, -0.15) is 0 Å². The minimum absolute atomic E-state index is 0.196. The standard InChI is InChI=1S/C18H27N3O/c1-4-22-6-5-21-11-14-8-17-16(7-13(2)19)10-20(3)18(17)9-15(14)12-21/h8-10,13H,4-7,11-12,19H2,1-3H3. The van der Waals surface area contributed by atoms with Crippen molar-refractivity contribution in [2.24, 2.45) is 12.8 Å². The molecule has 0 saturated heterocycles. The number of aromatic nitrogens is 1. The molecular formula is C18H27N3O. The Morgan fingerprint density at radius 2 is 2.00 bits per heavy atom. The Bertz CT molecular complexity index is 660. The van der Waals surface area contributed by atoms with Crippen LogP contribution in [0.5, 0.6) is 0 Å². The van der Waals surface area contributed by atoms with E-state index in [0.717, 1.165) is 39.3 Å². The van der Waals surface area contributed by atoms with Gasteiger partial charge in [0.2, 0.25) is 0 Å². The number of aryl methyl sites for hydroxylation is 1. The van der Waals surface area contributed by atoms with Gasteiger partial charge in [0, 0.05) is 56.4 Å². The Balaban J connectivity index is 1.84. The fourth-order valence-corrected chi connectivity index (χ4v) is 3.44. The SMILES string of the molecule is CCOCCN1Cc2cc3c(CC(C)N)cn(C)c3cc2C1. The van der Waals surface area contributed by atoms with Crippen molar-refractivity contribution >= 4 is 10.9 Å². The maximum absolute atomic E-state index is 6.00. The number of hydrogen-bond donors (Lipinski definition) is 1. The van der Waals surface area contributed by atoms with Crippen LogP contribution in [0.2, 0.25) is 0 Å². The van der Waals surface area contributed by atoms with Gasteiger partial charge in [-0.3, -0.25) is 4.90 Å². The van der Waals surface area contributed by atoms with E-state index in [2.05, 4.69) is 41.8 Å². The van der Waals surface area contributed by atoms with Gasteiger partial charge in [-0.25, -0.2) is 0 Å². The average molecular weight is 301 g/mol. The molecule has 4 nitrogen and oxygen atoms in total. The number of benzene rings is 1. The summed E-state index contributed by atoms with van der Waals surface area (Å²) in [6.07, 6.45) is 3.17. The second-order valence-electron chi connectivity index (χ2n) is 6.49. The van der Waals surface area contributed by atoms with Gasteiger partial charge in [-0.1, -0.05) is 0 Å². The smallest absolute Gasteiger partial charge is 0.0593 e. The van der Waals surface area contributed by atoms with Crippen LogP contribution in [0.1, 0.15) is 30.5 Å². The van der Waals surface area contributed by atoms with Crippen LogP contribution in [0, 0.1) is 0 Å². The number of rotatable bonds is 6. The summed E-state index contributed by atoms with van der Waals surface area (Å²) >= 11 is 0. The van der Waals surface area contributed by atoms with Gasteiger partial charge in [-0.15, -0.1) is 0 Å². The molecule has 1 unspecified atom stereocenters. The molecule has 0 saturated carbocycles. The van der Waals surface area contributed by atoms with Crippen molar-refractivity contribution in [3.8, 4) is 0 Å². The maximum Gasteiger partial charge on any atom is 0.0593 e. The van der Waals surface area contributed by atoms with Gasteiger partial charge in [0.1, 0.15) is 0 Å². The lowest BCUT2D eigenvalue weighted by atomic mass is 10.0. The molecule has 2 heterocycles. The molecule has 0 aliphatic carbocycles. The van der Waals surface area contributed by atoms with Crippen molar-refractivity contribution in [1.82, 2.24) is 9.47 Å². The van der Waals surface area contributed by atoms with Crippen LogP contribution in [0.3, 0.4) is 0 Å². The molecular weight excluding hydrogens is 274 g/mol. The monoisotopic (exact) mass is 301 g/mol. The summed E-state index contributed by atoms with van der Waals surface area (Å²) in [6, 6.07) is 4.93. The first-order valence-electron chi connectivity index (χ1n) is 8.24. The summed E-state index contributed by atoms with van der Waals surface area (Å²) < 4.78 is 7.71. The van der Waals surface area contributed by atoms with E-state index in [4.69, 9.17) is 10.5 Å². The molecule has 0 amide bonds. The Morgan fingerprint density at radius 1 is 1.27 bits per heavy atom. The lowest BCUT2D eigenvalue weighted by molar-refractivity contribution is 0.113. The molecule has 0 bridgehead atoms. The van der Waals surface area contributed by atoms with Crippen LogP contribution < -0.4 is 5.73 Å². The predicted octanol–water partition coefficient (Wildman–Crippen LogP) is 2.42. The largest absolute Gasteiger partial charge is 0.380 e. The molecule has 22 heavy (non-hydrogen) atoms. The van der Waals surface area contributed by atoms with Crippen molar-refractivity contribution in [1.29, 1.82) is 0 Å².